The van der Waals surface area contributed by atoms with Gasteiger partial charge in [-0.25, -0.2) is 0 Å². The van der Waals surface area contributed by atoms with Crippen LogP contribution in [0.1, 0.15) is 27.2 Å². The van der Waals surface area contributed by atoms with Crippen molar-refractivity contribution in [2.24, 2.45) is 0 Å². The molecule has 0 aromatic rings. The zero-order valence-electron chi connectivity index (χ0n) is 10.8. The number of aliphatic hydroxyl groups is 3. The van der Waals surface area contributed by atoms with E-state index in [1.807, 2.05) is 0 Å². The van der Waals surface area contributed by atoms with Crippen LogP contribution in [0.25, 0.3) is 0 Å². The normalized spacial score (nSPS) is 17.4. The number of hydrogen-bond donors (Lipinski definition) is 4. The standard InChI is InChI=1S/C11H23NO5/c1-7(13)10(8(14)6-17-4)12-9(15)5-11(2,3)16/h7-8,10,13-14,16H,5-6H2,1-4H3,(H,12,15)/t7?,8-,10-/m1/s1. The highest BCUT2D eigenvalue weighted by atomic mass is 16.5. The Morgan fingerprint density at radius 3 is 2.29 bits per heavy atom. The molecule has 0 fully saturated rings. The van der Waals surface area contributed by atoms with E-state index < -0.39 is 29.8 Å². The van der Waals surface area contributed by atoms with Gasteiger partial charge in [0.1, 0.15) is 0 Å². The predicted molar refractivity (Wildman–Crippen MR) is 62.4 cm³/mol. The summed E-state index contributed by atoms with van der Waals surface area (Å²) in [5.41, 5.74) is -1.13. The molecule has 6 nitrogen and oxygen atoms in total. The van der Waals surface area contributed by atoms with Gasteiger partial charge in [-0.2, -0.15) is 0 Å². The van der Waals surface area contributed by atoms with Crippen LogP contribution < -0.4 is 5.32 Å². The maximum atomic E-state index is 11.5. The fraction of sp³-hybridized carbons (Fsp3) is 0.909. The third-order valence-electron chi connectivity index (χ3n) is 2.19. The Labute approximate surface area is 102 Å². The lowest BCUT2D eigenvalue weighted by Gasteiger charge is -2.27. The summed E-state index contributed by atoms with van der Waals surface area (Å²) in [5.74, 6) is -0.432. The SMILES string of the molecule is COC[C@@H](O)[C@H](NC(=O)CC(C)(C)O)C(C)O. The lowest BCUT2D eigenvalue weighted by Crippen LogP contribution is -2.52. The van der Waals surface area contributed by atoms with Crippen LogP contribution in [-0.4, -0.2) is 58.8 Å². The van der Waals surface area contributed by atoms with Gasteiger partial charge in [0, 0.05) is 7.11 Å². The van der Waals surface area contributed by atoms with Gasteiger partial charge in [-0.1, -0.05) is 0 Å². The summed E-state index contributed by atoms with van der Waals surface area (Å²) in [6, 6.07) is -0.815. The molecule has 0 aliphatic heterocycles. The first-order valence-corrected chi connectivity index (χ1v) is 5.54. The monoisotopic (exact) mass is 249 g/mol. The molecule has 4 N–H and O–H groups in total. The molecule has 17 heavy (non-hydrogen) atoms. The van der Waals surface area contributed by atoms with E-state index in [-0.39, 0.29) is 13.0 Å². The van der Waals surface area contributed by atoms with E-state index in [0.29, 0.717) is 0 Å². The Morgan fingerprint density at radius 1 is 1.41 bits per heavy atom. The number of ether oxygens (including phenoxy) is 1. The van der Waals surface area contributed by atoms with Crippen LogP contribution in [0.3, 0.4) is 0 Å². The van der Waals surface area contributed by atoms with Gasteiger partial charge >= 0.3 is 0 Å². The van der Waals surface area contributed by atoms with Crippen LogP contribution in [-0.2, 0) is 9.53 Å². The number of carbonyl (C=O) groups is 1. The maximum Gasteiger partial charge on any atom is 0.223 e. The van der Waals surface area contributed by atoms with Gasteiger partial charge in [-0.3, -0.25) is 4.79 Å². The highest BCUT2D eigenvalue weighted by Gasteiger charge is 2.27. The molecular weight excluding hydrogens is 226 g/mol. The Balaban J connectivity index is 4.40. The van der Waals surface area contributed by atoms with Gasteiger partial charge in [0.25, 0.3) is 0 Å². The van der Waals surface area contributed by atoms with Crippen molar-refractivity contribution in [2.45, 2.75) is 51.0 Å². The third-order valence-corrected chi connectivity index (χ3v) is 2.19. The molecule has 0 bridgehead atoms. The summed E-state index contributed by atoms with van der Waals surface area (Å²) in [7, 11) is 1.42. The largest absolute Gasteiger partial charge is 0.391 e. The minimum absolute atomic E-state index is 0.0123. The van der Waals surface area contributed by atoms with Crippen LogP contribution in [0.2, 0.25) is 0 Å². The quantitative estimate of drug-likeness (QED) is 0.465. The van der Waals surface area contributed by atoms with Crippen LogP contribution >= 0.6 is 0 Å². The Kier molecular flexibility index (Phi) is 6.62. The second-order valence-electron chi connectivity index (χ2n) is 4.85. The first-order chi connectivity index (χ1) is 7.67. The van der Waals surface area contributed by atoms with Gasteiger partial charge in [0.05, 0.1) is 36.9 Å². The lowest BCUT2D eigenvalue weighted by atomic mass is 10.0. The van der Waals surface area contributed by atoms with Gasteiger partial charge in [0.15, 0.2) is 0 Å². The fourth-order valence-electron chi connectivity index (χ4n) is 1.44. The Morgan fingerprint density at radius 2 is 1.94 bits per heavy atom. The predicted octanol–water partition coefficient (Wildman–Crippen LogP) is -0.980. The van der Waals surface area contributed by atoms with E-state index in [1.165, 1.54) is 27.9 Å². The maximum absolute atomic E-state index is 11.5. The molecule has 0 heterocycles. The smallest absolute Gasteiger partial charge is 0.223 e. The number of amides is 1. The number of aliphatic hydroxyl groups excluding tert-OH is 2. The molecule has 0 saturated carbocycles. The molecule has 0 spiro atoms. The molecule has 0 aliphatic carbocycles. The summed E-state index contributed by atoms with van der Waals surface area (Å²) in [6.07, 6.45) is -2.01. The third kappa shape index (κ3) is 7.27. The molecule has 1 amide bonds. The van der Waals surface area contributed by atoms with Gasteiger partial charge < -0.3 is 25.4 Å². The van der Waals surface area contributed by atoms with Crippen LogP contribution in [0.4, 0.5) is 0 Å². The van der Waals surface area contributed by atoms with Crippen LogP contribution in [0.15, 0.2) is 0 Å². The molecule has 0 rings (SSSR count). The number of hydrogen-bond acceptors (Lipinski definition) is 5. The van der Waals surface area contributed by atoms with Gasteiger partial charge in [0.2, 0.25) is 5.91 Å². The first kappa shape index (κ1) is 16.3. The average molecular weight is 249 g/mol. The summed E-state index contributed by atoms with van der Waals surface area (Å²) >= 11 is 0. The van der Waals surface area contributed by atoms with Crippen molar-refractivity contribution < 1.29 is 24.9 Å². The fourth-order valence-corrected chi connectivity index (χ4v) is 1.44. The summed E-state index contributed by atoms with van der Waals surface area (Å²) in [4.78, 5) is 11.5. The number of carbonyl (C=O) groups excluding carboxylic acids is 1. The zero-order chi connectivity index (χ0) is 13.6. The Bertz CT molecular complexity index is 237. The first-order valence-electron chi connectivity index (χ1n) is 5.54. The van der Waals surface area contributed by atoms with Crippen molar-refractivity contribution in [3.63, 3.8) is 0 Å². The molecule has 6 heteroatoms. The molecule has 102 valence electrons. The highest BCUT2D eigenvalue weighted by molar-refractivity contribution is 5.77. The molecule has 0 aliphatic rings. The molecule has 0 saturated heterocycles. The Hall–Kier alpha value is -0.690. The molecule has 0 radical (unpaired) electrons. The van der Waals surface area contributed by atoms with Crippen molar-refractivity contribution in [3.8, 4) is 0 Å². The van der Waals surface area contributed by atoms with Crippen molar-refractivity contribution in [1.82, 2.24) is 5.32 Å². The topological polar surface area (TPSA) is 99.0 Å². The summed E-state index contributed by atoms with van der Waals surface area (Å²) in [5, 5.41) is 31.1. The van der Waals surface area contributed by atoms with E-state index in [4.69, 9.17) is 4.74 Å². The molecule has 3 atom stereocenters. The summed E-state index contributed by atoms with van der Waals surface area (Å²) < 4.78 is 4.76. The highest BCUT2D eigenvalue weighted by Crippen LogP contribution is 2.08. The van der Waals surface area contributed by atoms with Crippen molar-refractivity contribution in [2.75, 3.05) is 13.7 Å². The van der Waals surface area contributed by atoms with Crippen molar-refractivity contribution in [3.05, 3.63) is 0 Å². The van der Waals surface area contributed by atoms with Gasteiger partial charge in [-0.15, -0.1) is 0 Å². The zero-order valence-corrected chi connectivity index (χ0v) is 10.8. The second-order valence-corrected chi connectivity index (χ2v) is 4.85. The van der Waals surface area contributed by atoms with E-state index in [9.17, 15) is 20.1 Å². The molecular formula is C11H23NO5. The second kappa shape index (κ2) is 6.90. The van der Waals surface area contributed by atoms with E-state index in [1.54, 1.807) is 0 Å². The molecule has 1 unspecified atom stereocenters. The lowest BCUT2D eigenvalue weighted by molar-refractivity contribution is -0.128. The number of methoxy groups -OCH3 is 1. The molecule has 0 aromatic carbocycles. The summed E-state index contributed by atoms with van der Waals surface area (Å²) in [6.45, 7) is 4.50. The van der Waals surface area contributed by atoms with Crippen LogP contribution in [0, 0.1) is 0 Å². The van der Waals surface area contributed by atoms with E-state index >= 15 is 0 Å². The van der Waals surface area contributed by atoms with E-state index in [0.717, 1.165) is 0 Å². The molecule has 0 aromatic heterocycles. The average Bonchev–Trinajstić information content (AvgIpc) is 2.11. The van der Waals surface area contributed by atoms with Crippen molar-refractivity contribution >= 4 is 5.91 Å². The number of rotatable bonds is 7. The van der Waals surface area contributed by atoms with Crippen molar-refractivity contribution in [1.29, 1.82) is 0 Å². The van der Waals surface area contributed by atoms with Crippen LogP contribution in [0.5, 0.6) is 0 Å². The minimum atomic E-state index is -1.13. The number of nitrogens with one attached hydrogen (secondary N) is 1. The van der Waals surface area contributed by atoms with E-state index in [2.05, 4.69) is 5.32 Å². The minimum Gasteiger partial charge on any atom is -0.391 e. The van der Waals surface area contributed by atoms with Gasteiger partial charge in [-0.05, 0) is 20.8 Å².